The molecule has 0 N–H and O–H groups in total. The van der Waals surface area contributed by atoms with Crippen LogP contribution < -0.4 is 4.74 Å². The van der Waals surface area contributed by atoms with E-state index in [4.69, 9.17) is 4.74 Å². The van der Waals surface area contributed by atoms with Crippen LogP contribution in [0.4, 0.5) is 0 Å². The monoisotopic (exact) mass is 474 g/mol. The Kier molecular flexibility index (Phi) is 6.33. The number of benzene rings is 2. The average molecular weight is 477 g/mol. The molecule has 0 spiro atoms. The minimum Gasteiger partial charge on any atom is -0.492 e. The molecule has 0 radical (unpaired) electrons. The van der Waals surface area contributed by atoms with Crippen LogP contribution in [0.15, 0.2) is 45.3 Å². The average Bonchev–Trinajstić information content (AvgIpc) is 2.48. The molecule has 4 heteroatoms. The van der Waals surface area contributed by atoms with Gasteiger partial charge in [0.15, 0.2) is 0 Å². The van der Waals surface area contributed by atoms with Crippen molar-refractivity contribution in [2.45, 2.75) is 25.1 Å². The number of alkyl halides is 1. The highest BCUT2D eigenvalue weighted by Crippen LogP contribution is 2.36. The fraction of sp³-hybridized carbons (Fsp3) is 0.294. The summed E-state index contributed by atoms with van der Waals surface area (Å²) in [7, 11) is 0. The molecular formula is C17H17Br3O. The SMILES string of the molecule is CCCOc1ccc(C(Br)c2ccc(C)c(Br)c2)cc1Br. The maximum atomic E-state index is 5.69. The highest BCUT2D eigenvalue weighted by atomic mass is 79.9. The minimum atomic E-state index is 0.158. The molecule has 1 nitrogen and oxygen atoms in total. The molecule has 0 fully saturated rings. The van der Waals surface area contributed by atoms with Crippen LogP contribution in [0.1, 0.15) is 34.9 Å². The lowest BCUT2D eigenvalue weighted by atomic mass is 10.0. The van der Waals surface area contributed by atoms with Gasteiger partial charge >= 0.3 is 0 Å². The first-order valence-corrected chi connectivity index (χ1v) is 9.35. The molecule has 0 heterocycles. The molecule has 21 heavy (non-hydrogen) atoms. The molecule has 0 saturated carbocycles. The van der Waals surface area contributed by atoms with Gasteiger partial charge in [0.1, 0.15) is 5.75 Å². The second kappa shape index (κ2) is 7.80. The summed E-state index contributed by atoms with van der Waals surface area (Å²) in [6, 6.07) is 12.7. The van der Waals surface area contributed by atoms with E-state index >= 15 is 0 Å². The zero-order valence-corrected chi connectivity index (χ0v) is 16.8. The standard InChI is InChI=1S/C17H17Br3O/c1-3-8-21-16-7-6-13(10-15(16)19)17(20)12-5-4-11(2)14(18)9-12/h4-7,9-10,17H,3,8H2,1-2H3. The van der Waals surface area contributed by atoms with Gasteiger partial charge in [-0.05, 0) is 64.2 Å². The third-order valence-electron chi connectivity index (χ3n) is 3.20. The quantitative estimate of drug-likeness (QED) is 0.431. The van der Waals surface area contributed by atoms with Crippen molar-refractivity contribution >= 4 is 47.8 Å². The lowest BCUT2D eigenvalue weighted by molar-refractivity contribution is 0.315. The Bertz CT molecular complexity index is 625. The molecule has 0 amide bonds. The largest absolute Gasteiger partial charge is 0.492 e. The number of hydrogen-bond donors (Lipinski definition) is 0. The summed E-state index contributed by atoms with van der Waals surface area (Å²) in [6.45, 7) is 4.93. The van der Waals surface area contributed by atoms with Crippen molar-refractivity contribution < 1.29 is 4.74 Å². The molecule has 0 aromatic heterocycles. The Morgan fingerprint density at radius 1 is 1.00 bits per heavy atom. The molecule has 0 aliphatic carbocycles. The maximum absolute atomic E-state index is 5.69. The van der Waals surface area contributed by atoms with Crippen molar-refractivity contribution in [3.05, 3.63) is 62.0 Å². The second-order valence-corrected chi connectivity index (χ2v) is 7.53. The summed E-state index contributed by atoms with van der Waals surface area (Å²) in [5, 5.41) is 0. The number of aryl methyl sites for hydroxylation is 1. The van der Waals surface area contributed by atoms with Crippen molar-refractivity contribution in [2.24, 2.45) is 0 Å². The summed E-state index contributed by atoms with van der Waals surface area (Å²) in [6.07, 6.45) is 1.01. The van der Waals surface area contributed by atoms with Gasteiger partial charge in [-0.3, -0.25) is 0 Å². The number of halogens is 3. The second-order valence-electron chi connectivity index (χ2n) is 4.91. The Morgan fingerprint density at radius 2 is 1.62 bits per heavy atom. The van der Waals surface area contributed by atoms with E-state index in [0.717, 1.165) is 27.7 Å². The summed E-state index contributed by atoms with van der Waals surface area (Å²) >= 11 is 11.0. The van der Waals surface area contributed by atoms with E-state index < -0.39 is 0 Å². The summed E-state index contributed by atoms with van der Waals surface area (Å²) < 4.78 is 7.81. The van der Waals surface area contributed by atoms with Gasteiger partial charge in [-0.15, -0.1) is 0 Å². The summed E-state index contributed by atoms with van der Waals surface area (Å²) in [5.74, 6) is 0.894. The van der Waals surface area contributed by atoms with Gasteiger partial charge in [-0.2, -0.15) is 0 Å². The van der Waals surface area contributed by atoms with Crippen LogP contribution in [-0.2, 0) is 0 Å². The van der Waals surface area contributed by atoms with Crippen LogP contribution in [0, 0.1) is 6.92 Å². The Morgan fingerprint density at radius 3 is 2.19 bits per heavy atom. The third-order valence-corrected chi connectivity index (χ3v) is 5.73. The number of hydrogen-bond acceptors (Lipinski definition) is 1. The smallest absolute Gasteiger partial charge is 0.133 e. The van der Waals surface area contributed by atoms with Crippen molar-refractivity contribution in [2.75, 3.05) is 6.61 Å². The first-order chi connectivity index (χ1) is 10.0. The lowest BCUT2D eigenvalue weighted by Crippen LogP contribution is -1.98. The highest BCUT2D eigenvalue weighted by molar-refractivity contribution is 9.11. The van der Waals surface area contributed by atoms with E-state index in [1.807, 2.05) is 6.07 Å². The Labute approximate surface area is 151 Å². The fourth-order valence-corrected chi connectivity index (χ4v) is 3.44. The fourth-order valence-electron chi connectivity index (χ4n) is 1.96. The van der Waals surface area contributed by atoms with E-state index in [1.165, 1.54) is 16.7 Å². The number of ether oxygens (including phenoxy) is 1. The van der Waals surface area contributed by atoms with Crippen LogP contribution in [-0.4, -0.2) is 6.61 Å². The van der Waals surface area contributed by atoms with E-state index in [2.05, 4.69) is 92.0 Å². The topological polar surface area (TPSA) is 9.23 Å². The molecule has 112 valence electrons. The molecule has 0 aliphatic rings. The molecule has 0 saturated heterocycles. The van der Waals surface area contributed by atoms with E-state index in [-0.39, 0.29) is 4.83 Å². The van der Waals surface area contributed by atoms with Gasteiger partial charge in [0.2, 0.25) is 0 Å². The summed E-state index contributed by atoms with van der Waals surface area (Å²) in [4.78, 5) is 0.158. The Balaban J connectivity index is 2.24. The van der Waals surface area contributed by atoms with E-state index in [0.29, 0.717) is 0 Å². The minimum absolute atomic E-state index is 0.158. The van der Waals surface area contributed by atoms with Crippen molar-refractivity contribution in [3.63, 3.8) is 0 Å². The van der Waals surface area contributed by atoms with Gasteiger partial charge in [0.25, 0.3) is 0 Å². The van der Waals surface area contributed by atoms with Gasteiger partial charge in [-0.25, -0.2) is 0 Å². The molecule has 2 aromatic rings. The molecule has 0 aliphatic heterocycles. The van der Waals surface area contributed by atoms with Crippen molar-refractivity contribution in [1.29, 1.82) is 0 Å². The Hall–Kier alpha value is -0.320. The van der Waals surface area contributed by atoms with Crippen LogP contribution >= 0.6 is 47.8 Å². The van der Waals surface area contributed by atoms with Crippen LogP contribution in [0.25, 0.3) is 0 Å². The molecule has 2 rings (SSSR count). The highest BCUT2D eigenvalue weighted by Gasteiger charge is 2.13. The van der Waals surface area contributed by atoms with Crippen molar-refractivity contribution in [3.8, 4) is 5.75 Å². The normalized spacial score (nSPS) is 12.2. The molecule has 2 aromatic carbocycles. The third kappa shape index (κ3) is 4.33. The van der Waals surface area contributed by atoms with Crippen LogP contribution in [0.5, 0.6) is 5.75 Å². The maximum Gasteiger partial charge on any atom is 0.133 e. The van der Waals surface area contributed by atoms with E-state index in [9.17, 15) is 0 Å². The lowest BCUT2D eigenvalue weighted by Gasteiger charge is -2.14. The van der Waals surface area contributed by atoms with Crippen LogP contribution in [0.2, 0.25) is 0 Å². The first kappa shape index (κ1) is 17.0. The molecule has 1 unspecified atom stereocenters. The van der Waals surface area contributed by atoms with Gasteiger partial charge in [0.05, 0.1) is 15.9 Å². The van der Waals surface area contributed by atoms with Gasteiger partial charge in [0, 0.05) is 4.47 Å². The van der Waals surface area contributed by atoms with E-state index in [1.54, 1.807) is 0 Å². The predicted octanol–water partition coefficient (Wildman–Crippen LogP) is 6.79. The van der Waals surface area contributed by atoms with Crippen molar-refractivity contribution in [1.82, 2.24) is 0 Å². The molecule has 0 bridgehead atoms. The zero-order chi connectivity index (χ0) is 15.4. The first-order valence-electron chi connectivity index (χ1n) is 6.85. The molecule has 1 atom stereocenters. The van der Waals surface area contributed by atoms with Gasteiger partial charge < -0.3 is 4.74 Å². The van der Waals surface area contributed by atoms with Gasteiger partial charge in [-0.1, -0.05) is 57.0 Å². The predicted molar refractivity (Wildman–Crippen MR) is 99.6 cm³/mol. The molecular weight excluding hydrogens is 460 g/mol. The number of rotatable bonds is 5. The van der Waals surface area contributed by atoms with Crippen LogP contribution in [0.3, 0.4) is 0 Å². The summed E-state index contributed by atoms with van der Waals surface area (Å²) in [5.41, 5.74) is 3.66. The zero-order valence-electron chi connectivity index (χ0n) is 12.0.